The normalized spacial score (nSPS) is 17.7. The fourth-order valence-corrected chi connectivity index (χ4v) is 8.97. The van der Waals surface area contributed by atoms with E-state index in [2.05, 4.69) is 26.6 Å². The molecule has 1 spiro atoms. The molecular weight excluding hydrogens is 905 g/mol. The number of carbonyl (C=O) groups is 6. The first-order chi connectivity index (χ1) is 31.6. The standard InChI is InChI=1S/C48H71F2N7O10S/c1-32(2)26-36(53-40(59)37(27-33-18-12-10-13-19-33)54-41(60)38(28-34-20-14-11-15-21-34)55-44(63)67-46(6,7)8)39(58)52-35(22-16-17-24-51-43(62)66-45(3,4)5)42(61)56-25-23-47(48(49,50)31-56)29-57(30-47)68(9,64)65/h10-15,18-21,32,35-38H,16-17,22-31H2,1-9H3,(H,51,62)(H,52,58)(H,53,59)(H,54,60)(H,55,63). The van der Waals surface area contributed by atoms with Crippen molar-refractivity contribution in [2.75, 3.05) is 39.0 Å². The van der Waals surface area contributed by atoms with Gasteiger partial charge in [0.25, 0.3) is 5.92 Å². The maximum Gasteiger partial charge on any atom is 0.408 e. The monoisotopic (exact) mass is 975 g/mol. The summed E-state index contributed by atoms with van der Waals surface area (Å²) in [5.41, 5.74) is -1.84. The van der Waals surface area contributed by atoms with Gasteiger partial charge in [0.15, 0.2) is 0 Å². The van der Waals surface area contributed by atoms with E-state index < -0.39 is 99.1 Å². The smallest absolute Gasteiger partial charge is 0.408 e. The molecule has 2 aliphatic rings. The fraction of sp³-hybridized carbons (Fsp3) is 0.625. The number of amides is 6. The lowest BCUT2D eigenvalue weighted by atomic mass is 9.70. The van der Waals surface area contributed by atoms with E-state index in [4.69, 9.17) is 9.47 Å². The van der Waals surface area contributed by atoms with E-state index in [0.29, 0.717) is 12.0 Å². The molecular formula is C48H71F2N7O10S. The molecule has 2 saturated heterocycles. The maximum absolute atomic E-state index is 15.9. The number of alkyl carbamates (subject to hydrolysis) is 2. The summed E-state index contributed by atoms with van der Waals surface area (Å²) in [5, 5.41) is 13.6. The topological polar surface area (TPSA) is 222 Å². The van der Waals surface area contributed by atoms with E-state index in [1.807, 2.05) is 19.9 Å². The van der Waals surface area contributed by atoms with E-state index in [-0.39, 0.29) is 70.6 Å². The second kappa shape index (κ2) is 23.3. The van der Waals surface area contributed by atoms with Crippen molar-refractivity contribution in [3.05, 3.63) is 71.8 Å². The molecule has 0 aromatic heterocycles. The largest absolute Gasteiger partial charge is 0.444 e. The average Bonchev–Trinajstić information content (AvgIpc) is 3.19. The summed E-state index contributed by atoms with van der Waals surface area (Å²) in [6.07, 6.45) is 0.00866. The van der Waals surface area contributed by atoms with Crippen LogP contribution in [0.15, 0.2) is 60.7 Å². The molecule has 68 heavy (non-hydrogen) atoms. The first kappa shape index (κ1) is 55.2. The number of likely N-dealkylation sites (tertiary alicyclic amines) is 1. The molecule has 0 bridgehead atoms. The number of ether oxygens (including phenoxy) is 2. The van der Waals surface area contributed by atoms with Gasteiger partial charge in [0.1, 0.15) is 35.4 Å². The van der Waals surface area contributed by atoms with Crippen molar-refractivity contribution in [3.8, 4) is 0 Å². The predicted molar refractivity (Wildman–Crippen MR) is 252 cm³/mol. The Morgan fingerprint density at radius 1 is 0.676 bits per heavy atom. The fourth-order valence-electron chi connectivity index (χ4n) is 8.00. The predicted octanol–water partition coefficient (Wildman–Crippen LogP) is 4.69. The summed E-state index contributed by atoms with van der Waals surface area (Å²) in [7, 11) is -3.69. The lowest BCUT2D eigenvalue weighted by Crippen LogP contribution is -2.71. The maximum atomic E-state index is 15.9. The van der Waals surface area contributed by atoms with Gasteiger partial charge < -0.3 is 41.0 Å². The Morgan fingerprint density at radius 3 is 1.63 bits per heavy atom. The van der Waals surface area contributed by atoms with Crippen LogP contribution in [-0.4, -0.2) is 134 Å². The van der Waals surface area contributed by atoms with Crippen molar-refractivity contribution < 1.29 is 55.4 Å². The average molecular weight is 976 g/mol. The minimum Gasteiger partial charge on any atom is -0.444 e. The molecule has 6 amide bonds. The van der Waals surface area contributed by atoms with Gasteiger partial charge in [0, 0.05) is 39.0 Å². The zero-order valence-corrected chi connectivity index (χ0v) is 41.6. The molecule has 378 valence electrons. The summed E-state index contributed by atoms with van der Waals surface area (Å²) in [6, 6.07) is 12.8. The summed E-state index contributed by atoms with van der Waals surface area (Å²) in [5.74, 6) is -6.60. The molecule has 2 aliphatic heterocycles. The second-order valence-corrected chi connectivity index (χ2v) is 22.3. The van der Waals surface area contributed by atoms with Crippen LogP contribution in [0.2, 0.25) is 0 Å². The highest BCUT2D eigenvalue weighted by atomic mass is 32.2. The molecule has 20 heteroatoms. The van der Waals surface area contributed by atoms with Crippen LogP contribution >= 0.6 is 0 Å². The minimum atomic E-state index is -3.69. The quantitative estimate of drug-likeness (QED) is 0.115. The zero-order valence-electron chi connectivity index (χ0n) is 40.8. The van der Waals surface area contributed by atoms with Crippen LogP contribution in [0.5, 0.6) is 0 Å². The number of benzene rings is 2. The molecule has 4 atom stereocenters. The van der Waals surface area contributed by atoms with E-state index in [1.54, 1.807) is 96.1 Å². The van der Waals surface area contributed by atoms with Crippen LogP contribution in [-0.2, 0) is 51.5 Å². The number of carbonyl (C=O) groups excluding carboxylic acids is 6. The van der Waals surface area contributed by atoms with E-state index in [0.717, 1.165) is 21.0 Å². The minimum absolute atomic E-state index is 0.00994. The Kier molecular flexibility index (Phi) is 18.9. The first-order valence-corrected chi connectivity index (χ1v) is 25.0. The lowest BCUT2D eigenvalue weighted by Gasteiger charge is -2.56. The second-order valence-electron chi connectivity index (χ2n) is 20.3. The summed E-state index contributed by atoms with van der Waals surface area (Å²) in [6.45, 7) is 12.1. The Morgan fingerprint density at radius 2 is 1.15 bits per heavy atom. The molecule has 4 unspecified atom stereocenters. The number of alkyl halides is 2. The molecule has 2 fully saturated rings. The third-order valence-corrected chi connectivity index (χ3v) is 12.7. The van der Waals surface area contributed by atoms with Crippen molar-refractivity contribution in [1.82, 2.24) is 35.8 Å². The number of sulfonamides is 1. The number of rotatable bonds is 20. The van der Waals surface area contributed by atoms with Crippen molar-refractivity contribution in [2.45, 2.75) is 142 Å². The summed E-state index contributed by atoms with van der Waals surface area (Å²) in [4.78, 5) is 83.4. The number of hydrogen-bond donors (Lipinski definition) is 5. The molecule has 2 aromatic carbocycles. The third-order valence-electron chi connectivity index (χ3n) is 11.5. The number of piperidine rings is 1. The first-order valence-electron chi connectivity index (χ1n) is 23.1. The van der Waals surface area contributed by atoms with Crippen LogP contribution in [0.25, 0.3) is 0 Å². The number of halogens is 2. The van der Waals surface area contributed by atoms with Gasteiger partial charge in [-0.25, -0.2) is 31.1 Å². The van der Waals surface area contributed by atoms with Gasteiger partial charge in [-0.3, -0.25) is 19.2 Å². The van der Waals surface area contributed by atoms with Gasteiger partial charge in [0.2, 0.25) is 33.7 Å². The molecule has 0 saturated carbocycles. The highest BCUT2D eigenvalue weighted by Gasteiger charge is 2.64. The van der Waals surface area contributed by atoms with Crippen molar-refractivity contribution >= 4 is 45.8 Å². The molecule has 5 N–H and O–H groups in total. The SMILES string of the molecule is CC(C)CC(NC(=O)C(Cc1ccccc1)NC(=O)C(Cc1ccccc1)NC(=O)OC(C)(C)C)C(=O)NC(CCCCNC(=O)OC(C)(C)C)C(=O)N1CCC2(CN(S(C)(=O)=O)C2)C(F)(F)C1. The molecule has 4 rings (SSSR count). The number of hydrogen-bond acceptors (Lipinski definition) is 10. The number of nitrogens with one attached hydrogen (secondary N) is 5. The van der Waals surface area contributed by atoms with Crippen molar-refractivity contribution in [3.63, 3.8) is 0 Å². The van der Waals surface area contributed by atoms with Crippen LogP contribution in [0, 0.1) is 11.3 Å². The van der Waals surface area contributed by atoms with Crippen LogP contribution in [0.4, 0.5) is 18.4 Å². The van der Waals surface area contributed by atoms with Crippen LogP contribution < -0.4 is 26.6 Å². The Bertz CT molecular complexity index is 2160. The highest BCUT2D eigenvalue weighted by molar-refractivity contribution is 7.88. The van der Waals surface area contributed by atoms with E-state index >= 15 is 8.78 Å². The lowest BCUT2D eigenvalue weighted by molar-refractivity contribution is -0.210. The zero-order chi connectivity index (χ0) is 50.7. The molecule has 0 radical (unpaired) electrons. The van der Waals surface area contributed by atoms with Crippen molar-refractivity contribution in [2.24, 2.45) is 11.3 Å². The van der Waals surface area contributed by atoms with E-state index in [1.165, 1.54) is 0 Å². The summed E-state index contributed by atoms with van der Waals surface area (Å²) < 4.78 is 67.7. The van der Waals surface area contributed by atoms with Gasteiger partial charge in [-0.15, -0.1) is 0 Å². The molecule has 2 heterocycles. The Balaban J connectivity index is 1.57. The molecule has 17 nitrogen and oxygen atoms in total. The molecule has 2 aromatic rings. The third kappa shape index (κ3) is 17.0. The summed E-state index contributed by atoms with van der Waals surface area (Å²) >= 11 is 0. The molecule has 0 aliphatic carbocycles. The Labute approximate surface area is 399 Å². The number of nitrogens with zero attached hydrogens (tertiary/aromatic N) is 2. The van der Waals surface area contributed by atoms with Crippen LogP contribution in [0.1, 0.15) is 98.6 Å². The van der Waals surface area contributed by atoms with Gasteiger partial charge in [-0.1, -0.05) is 74.5 Å². The van der Waals surface area contributed by atoms with Crippen LogP contribution in [0.3, 0.4) is 0 Å². The Hall–Kier alpha value is -5.37. The van der Waals surface area contributed by atoms with E-state index in [9.17, 15) is 37.2 Å². The highest BCUT2D eigenvalue weighted by Crippen LogP contribution is 2.50. The van der Waals surface area contributed by atoms with Gasteiger partial charge in [-0.05, 0) is 90.7 Å². The number of unbranched alkanes of at least 4 members (excludes halogenated alkanes) is 1. The van der Waals surface area contributed by atoms with Gasteiger partial charge in [-0.2, -0.15) is 0 Å². The van der Waals surface area contributed by atoms with Gasteiger partial charge in [0.05, 0.1) is 18.2 Å². The van der Waals surface area contributed by atoms with Gasteiger partial charge >= 0.3 is 12.2 Å². The van der Waals surface area contributed by atoms with Crippen molar-refractivity contribution in [1.29, 1.82) is 0 Å².